The van der Waals surface area contributed by atoms with E-state index in [-0.39, 0.29) is 5.75 Å². The summed E-state index contributed by atoms with van der Waals surface area (Å²) < 4.78 is 2.13. The van der Waals surface area contributed by atoms with Crippen LogP contribution in [-0.2, 0) is 6.54 Å². The first-order chi connectivity index (χ1) is 10.2. The summed E-state index contributed by atoms with van der Waals surface area (Å²) in [4.78, 5) is 0. The molecule has 21 heavy (non-hydrogen) atoms. The summed E-state index contributed by atoms with van der Waals surface area (Å²) in [5.74, 6) is 0.209. The first-order valence-corrected chi connectivity index (χ1v) is 6.98. The van der Waals surface area contributed by atoms with Crippen molar-refractivity contribution < 1.29 is 5.11 Å². The average Bonchev–Trinajstić information content (AvgIpc) is 2.79. The molecule has 1 N–H and O–H groups in total. The van der Waals surface area contributed by atoms with Crippen LogP contribution in [0.3, 0.4) is 0 Å². The Kier molecular flexibility index (Phi) is 3.15. The number of fused-ring (bicyclic) bond motifs is 1. The second kappa shape index (κ2) is 4.99. The Labute approximate surface area is 123 Å². The zero-order valence-corrected chi connectivity index (χ0v) is 12.1. The molecule has 0 amide bonds. The maximum atomic E-state index is 9.73. The minimum atomic E-state index is 0.209. The fraction of sp³-hybridized carbons (Fsp3) is 0.167. The number of aromatic hydroxyl groups is 1. The van der Waals surface area contributed by atoms with Crippen LogP contribution in [0.2, 0.25) is 0 Å². The standard InChI is InChI=1S/C18H16N2O/c1-3-20-17-9-12(2)7-8-15(17)16(11-19)18(20)13-5-4-6-14(21)10-13/h4-10,21H,3H2,1-2H3. The molecule has 3 aromatic rings. The third kappa shape index (κ3) is 2.05. The van der Waals surface area contributed by atoms with Gasteiger partial charge in [0.25, 0.3) is 0 Å². The van der Waals surface area contributed by atoms with Gasteiger partial charge >= 0.3 is 0 Å². The van der Waals surface area contributed by atoms with Crippen molar-refractivity contribution in [1.82, 2.24) is 4.57 Å². The van der Waals surface area contributed by atoms with Gasteiger partial charge in [-0.25, -0.2) is 0 Å². The molecule has 3 rings (SSSR count). The topological polar surface area (TPSA) is 49.0 Å². The minimum Gasteiger partial charge on any atom is -0.508 e. The van der Waals surface area contributed by atoms with Crippen LogP contribution in [0.5, 0.6) is 5.75 Å². The maximum absolute atomic E-state index is 9.73. The Morgan fingerprint density at radius 3 is 2.67 bits per heavy atom. The Morgan fingerprint density at radius 1 is 1.19 bits per heavy atom. The van der Waals surface area contributed by atoms with Crippen LogP contribution in [0.15, 0.2) is 42.5 Å². The number of benzene rings is 2. The lowest BCUT2D eigenvalue weighted by Gasteiger charge is -2.09. The summed E-state index contributed by atoms with van der Waals surface area (Å²) in [6, 6.07) is 15.5. The van der Waals surface area contributed by atoms with Crippen LogP contribution in [0.25, 0.3) is 22.2 Å². The molecule has 1 heterocycles. The second-order valence-corrected chi connectivity index (χ2v) is 5.15. The first kappa shape index (κ1) is 13.3. The maximum Gasteiger partial charge on any atom is 0.116 e. The third-order valence-corrected chi connectivity index (χ3v) is 3.77. The second-order valence-electron chi connectivity index (χ2n) is 5.15. The highest BCUT2D eigenvalue weighted by atomic mass is 16.3. The molecule has 0 bridgehead atoms. The van der Waals surface area contributed by atoms with Crippen LogP contribution < -0.4 is 0 Å². The molecule has 0 saturated heterocycles. The van der Waals surface area contributed by atoms with Gasteiger partial charge < -0.3 is 9.67 Å². The van der Waals surface area contributed by atoms with Gasteiger partial charge in [0.2, 0.25) is 0 Å². The summed E-state index contributed by atoms with van der Waals surface area (Å²) in [5, 5.41) is 20.3. The zero-order valence-electron chi connectivity index (χ0n) is 12.1. The third-order valence-electron chi connectivity index (χ3n) is 3.77. The lowest BCUT2D eigenvalue weighted by molar-refractivity contribution is 0.475. The van der Waals surface area contributed by atoms with Gasteiger partial charge in [-0.3, -0.25) is 0 Å². The van der Waals surface area contributed by atoms with Crippen molar-refractivity contribution in [2.24, 2.45) is 0 Å². The molecule has 0 radical (unpaired) electrons. The van der Waals surface area contributed by atoms with Crippen molar-refractivity contribution in [3.8, 4) is 23.1 Å². The fourth-order valence-corrected chi connectivity index (χ4v) is 2.85. The normalized spacial score (nSPS) is 10.7. The van der Waals surface area contributed by atoms with E-state index in [1.165, 1.54) is 5.56 Å². The van der Waals surface area contributed by atoms with E-state index in [2.05, 4.69) is 23.6 Å². The molecule has 0 aliphatic heterocycles. The molecule has 0 aliphatic carbocycles. The number of aryl methyl sites for hydroxylation is 2. The van der Waals surface area contributed by atoms with Gasteiger partial charge in [-0.1, -0.05) is 24.3 Å². The van der Waals surface area contributed by atoms with Crippen LogP contribution in [-0.4, -0.2) is 9.67 Å². The SMILES string of the molecule is CCn1c(-c2cccc(O)c2)c(C#N)c2ccc(C)cc21. The molecule has 2 aromatic carbocycles. The largest absolute Gasteiger partial charge is 0.508 e. The predicted molar refractivity (Wildman–Crippen MR) is 84.2 cm³/mol. The summed E-state index contributed by atoms with van der Waals surface area (Å²) in [5.41, 5.74) is 4.63. The lowest BCUT2D eigenvalue weighted by Crippen LogP contribution is -1.97. The molecule has 0 unspecified atom stereocenters. The van der Waals surface area contributed by atoms with Gasteiger partial charge in [-0.15, -0.1) is 0 Å². The Morgan fingerprint density at radius 2 is 2.00 bits per heavy atom. The van der Waals surface area contributed by atoms with Gasteiger partial charge in [-0.2, -0.15) is 5.26 Å². The van der Waals surface area contributed by atoms with Gasteiger partial charge in [0, 0.05) is 17.5 Å². The Hall–Kier alpha value is -2.73. The van der Waals surface area contributed by atoms with Crippen molar-refractivity contribution in [2.75, 3.05) is 0 Å². The van der Waals surface area contributed by atoms with Crippen molar-refractivity contribution in [3.05, 3.63) is 53.6 Å². The lowest BCUT2D eigenvalue weighted by atomic mass is 10.1. The van der Waals surface area contributed by atoms with E-state index in [1.807, 2.05) is 25.1 Å². The number of nitriles is 1. The van der Waals surface area contributed by atoms with E-state index >= 15 is 0 Å². The average molecular weight is 276 g/mol. The molecule has 0 fully saturated rings. The highest BCUT2D eigenvalue weighted by Crippen LogP contribution is 2.35. The monoisotopic (exact) mass is 276 g/mol. The number of rotatable bonds is 2. The van der Waals surface area contributed by atoms with Gasteiger partial charge in [0.1, 0.15) is 11.8 Å². The van der Waals surface area contributed by atoms with Crippen LogP contribution in [0, 0.1) is 18.3 Å². The van der Waals surface area contributed by atoms with Gasteiger partial charge in [0.15, 0.2) is 0 Å². The number of nitrogens with zero attached hydrogens (tertiary/aromatic N) is 2. The quantitative estimate of drug-likeness (QED) is 0.762. The van der Waals surface area contributed by atoms with E-state index in [9.17, 15) is 10.4 Å². The summed E-state index contributed by atoms with van der Waals surface area (Å²) in [6.07, 6.45) is 0. The Bertz CT molecular complexity index is 869. The van der Waals surface area contributed by atoms with E-state index < -0.39 is 0 Å². The minimum absolute atomic E-state index is 0.209. The molecular formula is C18H16N2O. The fourth-order valence-electron chi connectivity index (χ4n) is 2.85. The molecule has 0 atom stereocenters. The molecule has 3 nitrogen and oxygen atoms in total. The number of hydrogen-bond donors (Lipinski definition) is 1. The van der Waals surface area contributed by atoms with Gasteiger partial charge in [-0.05, 0) is 37.6 Å². The summed E-state index contributed by atoms with van der Waals surface area (Å²) in [6.45, 7) is 4.88. The number of phenolic OH excluding ortho intramolecular Hbond substituents is 1. The predicted octanol–water partition coefficient (Wildman–Crippen LogP) is 4.21. The van der Waals surface area contributed by atoms with Crippen LogP contribution in [0.4, 0.5) is 0 Å². The highest BCUT2D eigenvalue weighted by Gasteiger charge is 2.18. The summed E-state index contributed by atoms with van der Waals surface area (Å²) >= 11 is 0. The molecule has 3 heteroatoms. The van der Waals surface area contributed by atoms with Crippen LogP contribution >= 0.6 is 0 Å². The first-order valence-electron chi connectivity index (χ1n) is 6.98. The summed E-state index contributed by atoms with van der Waals surface area (Å²) in [7, 11) is 0. The molecule has 1 aromatic heterocycles. The number of hydrogen-bond acceptors (Lipinski definition) is 2. The number of aromatic nitrogens is 1. The highest BCUT2D eigenvalue weighted by molar-refractivity contribution is 5.95. The van der Waals surface area contributed by atoms with Crippen LogP contribution in [0.1, 0.15) is 18.1 Å². The smallest absolute Gasteiger partial charge is 0.116 e. The molecule has 0 saturated carbocycles. The number of phenols is 1. The van der Waals surface area contributed by atoms with Crippen molar-refractivity contribution in [1.29, 1.82) is 5.26 Å². The Balaban J connectivity index is 2.44. The zero-order chi connectivity index (χ0) is 15.0. The van der Waals surface area contributed by atoms with E-state index in [4.69, 9.17) is 0 Å². The van der Waals surface area contributed by atoms with Gasteiger partial charge in [0.05, 0.1) is 16.8 Å². The van der Waals surface area contributed by atoms with E-state index in [0.29, 0.717) is 5.56 Å². The molecule has 104 valence electrons. The van der Waals surface area contributed by atoms with E-state index in [0.717, 1.165) is 28.7 Å². The molecular weight excluding hydrogens is 260 g/mol. The van der Waals surface area contributed by atoms with E-state index in [1.54, 1.807) is 18.2 Å². The van der Waals surface area contributed by atoms with Crippen molar-refractivity contribution in [2.45, 2.75) is 20.4 Å². The molecule has 0 spiro atoms. The van der Waals surface area contributed by atoms with Crippen molar-refractivity contribution in [3.63, 3.8) is 0 Å². The van der Waals surface area contributed by atoms with Crippen molar-refractivity contribution >= 4 is 10.9 Å². The molecule has 0 aliphatic rings.